The van der Waals surface area contributed by atoms with E-state index in [1.807, 2.05) is 25.7 Å². The van der Waals surface area contributed by atoms with Gasteiger partial charge in [0.05, 0.1) is 6.61 Å². The quantitative estimate of drug-likeness (QED) is 0.672. The number of piperidine rings is 1. The topological polar surface area (TPSA) is 50.8 Å². The van der Waals surface area contributed by atoms with Crippen LogP contribution in [-0.2, 0) is 9.47 Å². The molecule has 1 amide bonds. The number of hydrogen-bond acceptors (Lipinski definition) is 4. The number of rotatable bonds is 9. The van der Waals surface area contributed by atoms with E-state index in [0.717, 1.165) is 39.1 Å². The van der Waals surface area contributed by atoms with Crippen LogP contribution in [0.3, 0.4) is 0 Å². The molecule has 1 aliphatic rings. The number of methoxy groups -OCH3 is 1. The molecule has 0 aromatic rings. The number of nitrogens with one attached hydrogen (secondary N) is 1. The van der Waals surface area contributed by atoms with E-state index in [1.165, 1.54) is 25.7 Å². The maximum atomic E-state index is 12.3. The highest BCUT2D eigenvalue weighted by molar-refractivity contribution is 5.68. The molecule has 0 spiro atoms. The summed E-state index contributed by atoms with van der Waals surface area (Å²) in [5.41, 5.74) is -0.319. The number of hydrogen-bond donors (Lipinski definition) is 1. The molecule has 1 saturated heterocycles. The Hall–Kier alpha value is -0.810. The molecule has 0 aliphatic carbocycles. The molecule has 0 radical (unpaired) electrons. The summed E-state index contributed by atoms with van der Waals surface area (Å²) >= 11 is 0. The van der Waals surface area contributed by atoms with Gasteiger partial charge in [0.2, 0.25) is 0 Å². The summed E-state index contributed by atoms with van der Waals surface area (Å²) in [5.74, 6) is 0. The zero-order valence-corrected chi connectivity index (χ0v) is 17.3. The van der Waals surface area contributed by atoms with E-state index in [4.69, 9.17) is 9.47 Å². The first kappa shape index (κ1) is 22.2. The van der Waals surface area contributed by atoms with Gasteiger partial charge in [-0.3, -0.25) is 0 Å². The highest BCUT2D eigenvalue weighted by Gasteiger charge is 2.37. The number of carbonyl (C=O) groups excluding carboxylic acids is 1. The molecule has 0 bridgehead atoms. The summed E-state index contributed by atoms with van der Waals surface area (Å²) in [5, 5.41) is 3.78. The highest BCUT2D eigenvalue weighted by atomic mass is 16.6. The van der Waals surface area contributed by atoms with Crippen LogP contribution < -0.4 is 5.32 Å². The van der Waals surface area contributed by atoms with Gasteiger partial charge in [-0.15, -0.1) is 0 Å². The normalized spacial score (nSPS) is 17.8. The molecule has 25 heavy (non-hydrogen) atoms. The molecular weight excluding hydrogens is 316 g/mol. The Bertz CT molecular complexity index is 379. The molecule has 5 heteroatoms. The van der Waals surface area contributed by atoms with Gasteiger partial charge in [-0.2, -0.15) is 0 Å². The molecule has 1 fully saturated rings. The van der Waals surface area contributed by atoms with Crippen molar-refractivity contribution in [2.75, 3.05) is 33.4 Å². The van der Waals surface area contributed by atoms with Crippen molar-refractivity contribution in [1.29, 1.82) is 0 Å². The van der Waals surface area contributed by atoms with Crippen LogP contribution in [-0.4, -0.2) is 56.0 Å². The van der Waals surface area contributed by atoms with Gasteiger partial charge >= 0.3 is 6.09 Å². The van der Waals surface area contributed by atoms with E-state index >= 15 is 0 Å². The van der Waals surface area contributed by atoms with Gasteiger partial charge in [-0.05, 0) is 46.5 Å². The summed E-state index contributed by atoms with van der Waals surface area (Å²) in [4.78, 5) is 14.1. The molecule has 1 N–H and O–H groups in total. The lowest BCUT2D eigenvalue weighted by Crippen LogP contribution is -2.51. The average Bonchev–Trinajstić information content (AvgIpc) is 2.52. The van der Waals surface area contributed by atoms with Crippen molar-refractivity contribution in [2.45, 2.75) is 84.8 Å². The number of likely N-dealkylation sites (tertiary alicyclic amines) is 1. The van der Waals surface area contributed by atoms with Crippen molar-refractivity contribution < 1.29 is 14.3 Å². The maximum Gasteiger partial charge on any atom is 0.410 e. The third kappa shape index (κ3) is 7.95. The minimum absolute atomic E-state index is 0.118. The fourth-order valence-corrected chi connectivity index (χ4v) is 3.57. The molecular formula is C20H40N2O3. The second-order valence-corrected chi connectivity index (χ2v) is 8.56. The predicted octanol–water partition coefficient (Wildman–Crippen LogP) is 4.21. The Labute approximate surface area is 154 Å². The zero-order valence-electron chi connectivity index (χ0n) is 17.3. The van der Waals surface area contributed by atoms with Crippen LogP contribution >= 0.6 is 0 Å². The lowest BCUT2D eigenvalue weighted by molar-refractivity contribution is -0.00744. The first-order chi connectivity index (χ1) is 11.7. The maximum absolute atomic E-state index is 12.3. The summed E-state index contributed by atoms with van der Waals surface area (Å²) in [6.07, 6.45) is 6.59. The van der Waals surface area contributed by atoms with Gasteiger partial charge in [0.1, 0.15) is 5.60 Å². The summed E-state index contributed by atoms with van der Waals surface area (Å²) in [7, 11) is 1.78. The van der Waals surface area contributed by atoms with E-state index in [-0.39, 0.29) is 11.5 Å². The van der Waals surface area contributed by atoms with Gasteiger partial charge in [0.15, 0.2) is 0 Å². The fraction of sp³-hybridized carbons (Fsp3) is 0.950. The minimum Gasteiger partial charge on any atom is -0.444 e. The van der Waals surface area contributed by atoms with Crippen LogP contribution in [0.4, 0.5) is 4.79 Å². The van der Waals surface area contributed by atoms with Crippen LogP contribution in [0.25, 0.3) is 0 Å². The van der Waals surface area contributed by atoms with Crippen molar-refractivity contribution in [2.24, 2.45) is 5.41 Å². The van der Waals surface area contributed by atoms with Crippen LogP contribution in [0, 0.1) is 5.41 Å². The number of carbonyl (C=O) groups is 1. The molecule has 0 aromatic carbocycles. The van der Waals surface area contributed by atoms with E-state index in [9.17, 15) is 4.79 Å². The Balaban J connectivity index is 2.59. The fourth-order valence-electron chi connectivity index (χ4n) is 3.57. The Morgan fingerprint density at radius 3 is 2.16 bits per heavy atom. The molecule has 1 aliphatic heterocycles. The molecule has 5 nitrogen and oxygen atoms in total. The Morgan fingerprint density at radius 2 is 1.72 bits per heavy atom. The summed E-state index contributed by atoms with van der Waals surface area (Å²) in [6.45, 7) is 13.4. The molecule has 1 heterocycles. The Kier molecular flexibility index (Phi) is 9.22. The molecule has 0 saturated carbocycles. The van der Waals surface area contributed by atoms with Crippen LogP contribution in [0.15, 0.2) is 0 Å². The Morgan fingerprint density at radius 1 is 1.16 bits per heavy atom. The minimum atomic E-state index is -0.437. The third-order valence-electron chi connectivity index (χ3n) is 4.97. The van der Waals surface area contributed by atoms with Crippen molar-refractivity contribution in [1.82, 2.24) is 10.2 Å². The van der Waals surface area contributed by atoms with Crippen molar-refractivity contribution >= 4 is 6.09 Å². The van der Waals surface area contributed by atoms with Crippen molar-refractivity contribution in [3.05, 3.63) is 0 Å². The smallest absolute Gasteiger partial charge is 0.410 e. The molecule has 148 valence electrons. The van der Waals surface area contributed by atoms with E-state index < -0.39 is 5.60 Å². The van der Waals surface area contributed by atoms with Crippen LogP contribution in [0.5, 0.6) is 0 Å². The third-order valence-corrected chi connectivity index (χ3v) is 4.97. The first-order valence-electron chi connectivity index (χ1n) is 9.95. The van der Waals surface area contributed by atoms with Crippen LogP contribution in [0.2, 0.25) is 0 Å². The van der Waals surface area contributed by atoms with E-state index in [2.05, 4.69) is 19.2 Å². The largest absolute Gasteiger partial charge is 0.444 e. The summed E-state index contributed by atoms with van der Waals surface area (Å²) < 4.78 is 11.0. The lowest BCUT2D eigenvalue weighted by atomic mass is 9.78. The average molecular weight is 357 g/mol. The first-order valence-corrected chi connectivity index (χ1v) is 9.95. The van der Waals surface area contributed by atoms with E-state index in [0.29, 0.717) is 6.04 Å². The number of amides is 1. The van der Waals surface area contributed by atoms with Gasteiger partial charge in [0, 0.05) is 38.2 Å². The van der Waals surface area contributed by atoms with Gasteiger partial charge in [-0.1, -0.05) is 26.7 Å². The zero-order chi connectivity index (χ0) is 18.9. The van der Waals surface area contributed by atoms with Crippen molar-refractivity contribution in [3.8, 4) is 0 Å². The number of nitrogens with zero attached hydrogens (tertiary/aromatic N) is 1. The second kappa shape index (κ2) is 10.4. The molecule has 0 unspecified atom stereocenters. The monoisotopic (exact) mass is 356 g/mol. The standard InChI is InChI=1S/C20H40N2O3/c1-7-9-17(10-8-2)21-15-20(16-24-6)11-13-22(14-12-20)18(23)25-19(3,4)5/h17,21H,7-16H2,1-6H3. The predicted molar refractivity (Wildman–Crippen MR) is 103 cm³/mol. The van der Waals surface area contributed by atoms with Crippen molar-refractivity contribution in [3.63, 3.8) is 0 Å². The SMILES string of the molecule is CCCC(CCC)NCC1(COC)CCN(C(=O)OC(C)(C)C)CC1. The molecule has 0 aromatic heterocycles. The highest BCUT2D eigenvalue weighted by Crippen LogP contribution is 2.32. The van der Waals surface area contributed by atoms with Gasteiger partial charge < -0.3 is 19.7 Å². The van der Waals surface area contributed by atoms with Crippen LogP contribution in [0.1, 0.15) is 73.1 Å². The second-order valence-electron chi connectivity index (χ2n) is 8.56. The van der Waals surface area contributed by atoms with Gasteiger partial charge in [-0.25, -0.2) is 4.79 Å². The van der Waals surface area contributed by atoms with E-state index in [1.54, 1.807) is 7.11 Å². The number of ether oxygens (including phenoxy) is 2. The van der Waals surface area contributed by atoms with Gasteiger partial charge in [0.25, 0.3) is 0 Å². The summed E-state index contributed by atoms with van der Waals surface area (Å²) in [6, 6.07) is 0.590. The lowest BCUT2D eigenvalue weighted by Gasteiger charge is -2.42. The molecule has 1 rings (SSSR count). The molecule has 0 atom stereocenters.